The lowest BCUT2D eigenvalue weighted by atomic mass is 10.1. The number of rotatable bonds is 6. The molecule has 4 nitrogen and oxygen atoms in total. The van der Waals surface area contributed by atoms with E-state index < -0.39 is 0 Å². The molecule has 2 fully saturated rings. The van der Waals surface area contributed by atoms with Gasteiger partial charge in [0.05, 0.1) is 0 Å². The van der Waals surface area contributed by atoms with Crippen molar-refractivity contribution in [3.05, 3.63) is 0 Å². The summed E-state index contributed by atoms with van der Waals surface area (Å²) in [7, 11) is 0. The first-order chi connectivity index (χ1) is 9.31. The molecular weight excluding hydrogens is 238 g/mol. The van der Waals surface area contributed by atoms with Crippen molar-refractivity contribution in [2.45, 2.75) is 57.4 Å². The van der Waals surface area contributed by atoms with E-state index in [9.17, 15) is 4.79 Å². The SMILES string of the molecule is NCCCCCCC(=O)N1CCCN2CCCC2C1. The quantitative estimate of drug-likeness (QED) is 0.744. The number of amides is 1. The third kappa shape index (κ3) is 4.46. The number of fused-ring (bicyclic) bond motifs is 1. The average Bonchev–Trinajstić information content (AvgIpc) is 2.75. The molecule has 0 aromatic rings. The van der Waals surface area contributed by atoms with Gasteiger partial charge in [-0.05, 0) is 45.2 Å². The first-order valence-electron chi connectivity index (χ1n) is 8.03. The summed E-state index contributed by atoms with van der Waals surface area (Å²) in [6, 6.07) is 0.642. The zero-order valence-electron chi connectivity index (χ0n) is 12.1. The highest BCUT2D eigenvalue weighted by molar-refractivity contribution is 5.76. The maximum atomic E-state index is 12.3. The Morgan fingerprint density at radius 3 is 2.68 bits per heavy atom. The molecule has 0 bridgehead atoms. The molecule has 2 aliphatic heterocycles. The summed E-state index contributed by atoms with van der Waals surface area (Å²) >= 11 is 0. The van der Waals surface area contributed by atoms with Crippen molar-refractivity contribution < 1.29 is 4.79 Å². The number of unbranched alkanes of at least 4 members (excludes halogenated alkanes) is 3. The molecule has 1 amide bonds. The van der Waals surface area contributed by atoms with Crippen molar-refractivity contribution >= 4 is 5.91 Å². The number of nitrogens with two attached hydrogens (primary N) is 1. The predicted octanol–water partition coefficient (Wildman–Crippen LogP) is 1.59. The van der Waals surface area contributed by atoms with Gasteiger partial charge < -0.3 is 10.6 Å². The Labute approximate surface area is 117 Å². The maximum Gasteiger partial charge on any atom is 0.222 e. The zero-order valence-corrected chi connectivity index (χ0v) is 12.1. The number of hydrogen-bond acceptors (Lipinski definition) is 3. The Morgan fingerprint density at radius 1 is 1.05 bits per heavy atom. The Balaban J connectivity index is 1.69. The number of hydrogen-bond donors (Lipinski definition) is 1. The number of carbonyl (C=O) groups excluding carboxylic acids is 1. The molecule has 19 heavy (non-hydrogen) atoms. The summed E-state index contributed by atoms with van der Waals surface area (Å²) in [5, 5.41) is 0. The van der Waals surface area contributed by atoms with Gasteiger partial charge in [-0.1, -0.05) is 12.8 Å². The van der Waals surface area contributed by atoms with Crippen molar-refractivity contribution in [2.75, 3.05) is 32.7 Å². The van der Waals surface area contributed by atoms with Crippen LogP contribution in [0.3, 0.4) is 0 Å². The van der Waals surface area contributed by atoms with Crippen LogP contribution in [0, 0.1) is 0 Å². The topological polar surface area (TPSA) is 49.6 Å². The first-order valence-corrected chi connectivity index (χ1v) is 8.03. The van der Waals surface area contributed by atoms with E-state index in [0.29, 0.717) is 11.9 Å². The molecule has 4 heteroatoms. The molecule has 1 unspecified atom stereocenters. The third-order valence-electron chi connectivity index (χ3n) is 4.50. The fraction of sp³-hybridized carbons (Fsp3) is 0.933. The second-order valence-corrected chi connectivity index (χ2v) is 5.98. The third-order valence-corrected chi connectivity index (χ3v) is 4.50. The highest BCUT2D eigenvalue weighted by Gasteiger charge is 2.30. The maximum absolute atomic E-state index is 12.3. The molecule has 2 aliphatic rings. The van der Waals surface area contributed by atoms with Crippen molar-refractivity contribution in [2.24, 2.45) is 5.73 Å². The van der Waals surface area contributed by atoms with E-state index in [-0.39, 0.29) is 0 Å². The molecular formula is C15H29N3O. The molecule has 0 aromatic carbocycles. The minimum Gasteiger partial charge on any atom is -0.341 e. The molecule has 0 saturated carbocycles. The molecule has 0 spiro atoms. The van der Waals surface area contributed by atoms with Gasteiger partial charge in [0.25, 0.3) is 0 Å². The molecule has 0 aliphatic carbocycles. The van der Waals surface area contributed by atoms with Crippen LogP contribution in [0.4, 0.5) is 0 Å². The molecule has 2 N–H and O–H groups in total. The molecule has 2 saturated heterocycles. The molecule has 110 valence electrons. The molecule has 0 radical (unpaired) electrons. The van der Waals surface area contributed by atoms with Gasteiger partial charge in [0, 0.05) is 32.1 Å². The highest BCUT2D eigenvalue weighted by atomic mass is 16.2. The number of carbonyl (C=O) groups is 1. The Bertz CT molecular complexity index is 283. The molecule has 0 aromatic heterocycles. The molecule has 2 heterocycles. The predicted molar refractivity (Wildman–Crippen MR) is 77.9 cm³/mol. The number of nitrogens with zero attached hydrogens (tertiary/aromatic N) is 2. The van der Waals surface area contributed by atoms with Crippen molar-refractivity contribution in [3.63, 3.8) is 0 Å². The largest absolute Gasteiger partial charge is 0.341 e. The fourth-order valence-electron chi connectivity index (χ4n) is 3.37. The lowest BCUT2D eigenvalue weighted by Gasteiger charge is -2.25. The Hall–Kier alpha value is -0.610. The van der Waals surface area contributed by atoms with Crippen LogP contribution in [0.15, 0.2) is 0 Å². The highest BCUT2D eigenvalue weighted by Crippen LogP contribution is 2.21. The van der Waals surface area contributed by atoms with E-state index in [4.69, 9.17) is 5.73 Å². The van der Waals surface area contributed by atoms with Crippen LogP contribution >= 0.6 is 0 Å². The zero-order chi connectivity index (χ0) is 13.5. The second-order valence-electron chi connectivity index (χ2n) is 5.98. The van der Waals surface area contributed by atoms with Gasteiger partial charge >= 0.3 is 0 Å². The van der Waals surface area contributed by atoms with Crippen molar-refractivity contribution in [1.82, 2.24) is 9.80 Å². The van der Waals surface area contributed by atoms with Crippen LogP contribution in [0.5, 0.6) is 0 Å². The normalized spacial score (nSPS) is 24.3. The van der Waals surface area contributed by atoms with Crippen LogP contribution in [-0.2, 0) is 4.79 Å². The summed E-state index contributed by atoms with van der Waals surface area (Å²) < 4.78 is 0. The van der Waals surface area contributed by atoms with E-state index in [2.05, 4.69) is 9.80 Å². The van der Waals surface area contributed by atoms with E-state index in [1.54, 1.807) is 0 Å². The summed E-state index contributed by atoms with van der Waals surface area (Å²) in [6.45, 7) is 5.14. The summed E-state index contributed by atoms with van der Waals surface area (Å²) in [6.07, 6.45) is 8.91. The van der Waals surface area contributed by atoms with Crippen LogP contribution in [0.2, 0.25) is 0 Å². The molecule has 2 rings (SSSR count). The van der Waals surface area contributed by atoms with Crippen molar-refractivity contribution in [3.8, 4) is 0 Å². The van der Waals surface area contributed by atoms with E-state index in [1.807, 2.05) is 0 Å². The Morgan fingerprint density at radius 2 is 1.84 bits per heavy atom. The lowest BCUT2D eigenvalue weighted by Crippen LogP contribution is -2.39. The lowest BCUT2D eigenvalue weighted by molar-refractivity contribution is -0.131. The summed E-state index contributed by atoms with van der Waals surface area (Å²) in [5.41, 5.74) is 5.47. The van der Waals surface area contributed by atoms with Crippen molar-refractivity contribution in [1.29, 1.82) is 0 Å². The van der Waals surface area contributed by atoms with Gasteiger partial charge in [0.1, 0.15) is 0 Å². The van der Waals surface area contributed by atoms with Crippen LogP contribution in [0.25, 0.3) is 0 Å². The smallest absolute Gasteiger partial charge is 0.222 e. The van der Waals surface area contributed by atoms with Crippen LogP contribution in [0.1, 0.15) is 51.4 Å². The van der Waals surface area contributed by atoms with Gasteiger partial charge in [-0.15, -0.1) is 0 Å². The van der Waals surface area contributed by atoms with Gasteiger partial charge in [0.2, 0.25) is 5.91 Å². The monoisotopic (exact) mass is 267 g/mol. The van der Waals surface area contributed by atoms with E-state index in [0.717, 1.165) is 51.7 Å². The van der Waals surface area contributed by atoms with Gasteiger partial charge in [-0.3, -0.25) is 9.69 Å². The standard InChI is InChI=1S/C15H29N3O/c16-9-4-2-1-3-8-15(19)18-12-6-11-17-10-5-7-14(17)13-18/h14H,1-13,16H2. The van der Waals surface area contributed by atoms with E-state index in [1.165, 1.54) is 32.4 Å². The van der Waals surface area contributed by atoms with E-state index >= 15 is 0 Å². The van der Waals surface area contributed by atoms with Gasteiger partial charge in [-0.2, -0.15) is 0 Å². The summed E-state index contributed by atoms with van der Waals surface area (Å²) in [4.78, 5) is 17.0. The second kappa shape index (κ2) is 7.85. The Kier molecular flexibility index (Phi) is 6.11. The minimum atomic E-state index is 0.376. The first kappa shape index (κ1) is 14.8. The van der Waals surface area contributed by atoms with Crippen LogP contribution < -0.4 is 5.73 Å². The van der Waals surface area contributed by atoms with Crippen LogP contribution in [-0.4, -0.2) is 54.5 Å². The summed E-state index contributed by atoms with van der Waals surface area (Å²) in [5.74, 6) is 0.376. The minimum absolute atomic E-state index is 0.376. The fourth-order valence-corrected chi connectivity index (χ4v) is 3.37. The average molecular weight is 267 g/mol. The molecule has 1 atom stereocenters. The van der Waals surface area contributed by atoms with Gasteiger partial charge in [0.15, 0.2) is 0 Å². The van der Waals surface area contributed by atoms with Gasteiger partial charge in [-0.25, -0.2) is 0 Å².